The first-order valence-corrected chi connectivity index (χ1v) is 7.48. The van der Waals surface area contributed by atoms with Crippen molar-refractivity contribution in [3.63, 3.8) is 0 Å². The fourth-order valence-electron chi connectivity index (χ4n) is 2.42. The molecule has 2 rings (SSSR count). The summed E-state index contributed by atoms with van der Waals surface area (Å²) in [6.45, 7) is 2.50. The van der Waals surface area contributed by atoms with Crippen molar-refractivity contribution in [2.24, 2.45) is 5.41 Å². The number of halogens is 2. The van der Waals surface area contributed by atoms with Gasteiger partial charge in [0.05, 0.1) is 11.0 Å². The molecular weight excluding hydrogens is 346 g/mol. The van der Waals surface area contributed by atoms with Gasteiger partial charge >= 0.3 is 5.97 Å². The second-order valence-corrected chi connectivity index (χ2v) is 6.61. The Morgan fingerprint density at radius 3 is 2.75 bits per heavy atom. The summed E-state index contributed by atoms with van der Waals surface area (Å²) in [7, 11) is 0. The molecule has 1 aliphatic heterocycles. The normalized spacial score (nSPS) is 22.6. The molecule has 1 saturated heterocycles. The Morgan fingerprint density at radius 2 is 2.15 bits per heavy atom. The van der Waals surface area contributed by atoms with E-state index >= 15 is 0 Å². The Kier molecular flexibility index (Phi) is 4.39. The van der Waals surface area contributed by atoms with E-state index in [-0.39, 0.29) is 12.5 Å². The van der Waals surface area contributed by atoms with E-state index in [1.807, 2.05) is 0 Å². The van der Waals surface area contributed by atoms with Crippen LogP contribution >= 0.6 is 27.5 Å². The zero-order chi connectivity index (χ0) is 14.9. The Hall–Kier alpha value is -1.07. The van der Waals surface area contributed by atoms with Crippen molar-refractivity contribution < 1.29 is 14.7 Å². The van der Waals surface area contributed by atoms with Gasteiger partial charge in [-0.3, -0.25) is 9.59 Å². The van der Waals surface area contributed by atoms with E-state index in [0.29, 0.717) is 34.4 Å². The monoisotopic (exact) mass is 359 g/mol. The van der Waals surface area contributed by atoms with Crippen LogP contribution in [0, 0.1) is 5.41 Å². The summed E-state index contributed by atoms with van der Waals surface area (Å²) in [5, 5.41) is 9.84. The van der Waals surface area contributed by atoms with E-state index in [0.717, 1.165) is 0 Å². The lowest BCUT2D eigenvalue weighted by atomic mass is 9.82. The lowest BCUT2D eigenvalue weighted by Crippen LogP contribution is -2.48. The predicted octanol–water partition coefficient (Wildman–Crippen LogP) is 3.43. The molecule has 20 heavy (non-hydrogen) atoms. The molecule has 0 aromatic heterocycles. The zero-order valence-corrected chi connectivity index (χ0v) is 13.4. The highest BCUT2D eigenvalue weighted by molar-refractivity contribution is 9.10. The summed E-state index contributed by atoms with van der Waals surface area (Å²) in [6, 6.07) is 4.97. The Balaban J connectivity index is 2.23. The number of carbonyl (C=O) groups is 2. The lowest BCUT2D eigenvalue weighted by Gasteiger charge is -2.37. The van der Waals surface area contributed by atoms with Crippen LogP contribution in [0.2, 0.25) is 5.02 Å². The van der Waals surface area contributed by atoms with Crippen LogP contribution in [0.4, 0.5) is 0 Å². The first-order chi connectivity index (χ1) is 9.33. The molecule has 108 valence electrons. The van der Waals surface area contributed by atoms with Gasteiger partial charge in [-0.05, 0) is 53.9 Å². The summed E-state index contributed by atoms with van der Waals surface area (Å²) in [6.07, 6.45) is 1.29. The maximum atomic E-state index is 12.5. The molecule has 1 N–H and O–H groups in total. The summed E-state index contributed by atoms with van der Waals surface area (Å²) < 4.78 is 0.623. The number of aliphatic carboxylic acids is 1. The van der Waals surface area contributed by atoms with Crippen molar-refractivity contribution in [3.8, 4) is 0 Å². The SMILES string of the molecule is CC1(C(=O)O)CCCN(C(=O)c2ccc(Cl)cc2Br)C1. The van der Waals surface area contributed by atoms with Crippen molar-refractivity contribution >= 4 is 39.4 Å². The molecule has 0 radical (unpaired) electrons. The van der Waals surface area contributed by atoms with Gasteiger partial charge < -0.3 is 10.0 Å². The molecule has 0 saturated carbocycles. The highest BCUT2D eigenvalue weighted by atomic mass is 79.9. The third-order valence-electron chi connectivity index (χ3n) is 3.66. The van der Waals surface area contributed by atoms with Crippen LogP contribution in [0.25, 0.3) is 0 Å². The quantitative estimate of drug-likeness (QED) is 0.879. The number of hydrogen-bond acceptors (Lipinski definition) is 2. The first kappa shape index (κ1) is 15.3. The topological polar surface area (TPSA) is 57.6 Å². The molecule has 0 aliphatic carbocycles. The van der Waals surface area contributed by atoms with Crippen LogP contribution in [0.1, 0.15) is 30.1 Å². The number of carboxylic acid groups (broad SMARTS) is 1. The fourth-order valence-corrected chi connectivity index (χ4v) is 3.27. The molecular formula is C14H15BrClNO3. The maximum Gasteiger partial charge on any atom is 0.311 e. The minimum Gasteiger partial charge on any atom is -0.481 e. The molecule has 0 bridgehead atoms. The van der Waals surface area contributed by atoms with E-state index < -0.39 is 11.4 Å². The molecule has 1 aliphatic rings. The second-order valence-electron chi connectivity index (χ2n) is 5.32. The number of carbonyl (C=O) groups excluding carboxylic acids is 1. The Morgan fingerprint density at radius 1 is 1.45 bits per heavy atom. The second kappa shape index (κ2) is 5.74. The van der Waals surface area contributed by atoms with Gasteiger partial charge in [0.25, 0.3) is 5.91 Å². The van der Waals surface area contributed by atoms with Gasteiger partial charge in [0.1, 0.15) is 0 Å². The number of benzene rings is 1. The van der Waals surface area contributed by atoms with Gasteiger partial charge in [-0.2, -0.15) is 0 Å². The molecule has 1 heterocycles. The molecule has 6 heteroatoms. The largest absolute Gasteiger partial charge is 0.481 e. The van der Waals surface area contributed by atoms with Gasteiger partial charge in [0, 0.05) is 22.6 Å². The van der Waals surface area contributed by atoms with E-state index in [1.165, 1.54) is 0 Å². The number of rotatable bonds is 2. The number of hydrogen-bond donors (Lipinski definition) is 1. The van der Waals surface area contributed by atoms with E-state index in [4.69, 9.17) is 11.6 Å². The zero-order valence-electron chi connectivity index (χ0n) is 11.0. The van der Waals surface area contributed by atoms with Crippen LogP contribution in [-0.2, 0) is 4.79 Å². The average Bonchev–Trinajstić information content (AvgIpc) is 2.38. The van der Waals surface area contributed by atoms with Crippen molar-refractivity contribution in [1.29, 1.82) is 0 Å². The third-order valence-corrected chi connectivity index (χ3v) is 4.55. The number of nitrogens with zero attached hydrogens (tertiary/aromatic N) is 1. The molecule has 1 aromatic rings. The molecule has 1 amide bonds. The van der Waals surface area contributed by atoms with Crippen molar-refractivity contribution in [3.05, 3.63) is 33.3 Å². The van der Waals surface area contributed by atoms with Gasteiger partial charge in [-0.15, -0.1) is 0 Å². The summed E-state index contributed by atoms with van der Waals surface area (Å²) >= 11 is 9.19. The van der Waals surface area contributed by atoms with Gasteiger partial charge in [0.2, 0.25) is 0 Å². The molecule has 4 nitrogen and oxygen atoms in total. The predicted molar refractivity (Wildman–Crippen MR) is 80.0 cm³/mol. The molecule has 0 spiro atoms. The van der Waals surface area contributed by atoms with Crippen LogP contribution in [0.5, 0.6) is 0 Å². The fraction of sp³-hybridized carbons (Fsp3) is 0.429. The minimum atomic E-state index is -0.868. The number of carboxylic acids is 1. The highest BCUT2D eigenvalue weighted by Gasteiger charge is 2.39. The average molecular weight is 361 g/mol. The highest BCUT2D eigenvalue weighted by Crippen LogP contribution is 2.31. The van der Waals surface area contributed by atoms with E-state index in [9.17, 15) is 14.7 Å². The van der Waals surface area contributed by atoms with Gasteiger partial charge in [0.15, 0.2) is 0 Å². The summed E-state index contributed by atoms with van der Waals surface area (Å²) in [4.78, 5) is 25.4. The minimum absolute atomic E-state index is 0.166. The van der Waals surface area contributed by atoms with Crippen molar-refractivity contribution in [1.82, 2.24) is 4.90 Å². The number of likely N-dealkylation sites (tertiary alicyclic amines) is 1. The number of amides is 1. The summed E-state index contributed by atoms with van der Waals surface area (Å²) in [5.74, 6) is -1.02. The van der Waals surface area contributed by atoms with Crippen LogP contribution in [0.15, 0.2) is 22.7 Å². The van der Waals surface area contributed by atoms with E-state index in [1.54, 1.807) is 30.0 Å². The van der Waals surface area contributed by atoms with Gasteiger partial charge in [-0.25, -0.2) is 0 Å². The Labute approximate surface area is 130 Å². The molecule has 1 fully saturated rings. The van der Waals surface area contributed by atoms with Crippen LogP contribution in [0.3, 0.4) is 0 Å². The summed E-state index contributed by atoms with van der Waals surface area (Å²) in [5.41, 5.74) is -0.365. The standard InChI is InChI=1S/C14H15BrClNO3/c1-14(13(19)20)5-2-6-17(8-14)12(18)10-4-3-9(16)7-11(10)15/h3-4,7H,2,5-6,8H2,1H3,(H,19,20). The molecule has 1 aromatic carbocycles. The van der Waals surface area contributed by atoms with Crippen LogP contribution in [-0.4, -0.2) is 35.0 Å². The lowest BCUT2D eigenvalue weighted by molar-refractivity contribution is -0.150. The van der Waals surface area contributed by atoms with E-state index in [2.05, 4.69) is 15.9 Å². The number of piperidine rings is 1. The third kappa shape index (κ3) is 2.99. The molecule has 1 unspecified atom stereocenters. The first-order valence-electron chi connectivity index (χ1n) is 6.31. The van der Waals surface area contributed by atoms with Crippen molar-refractivity contribution in [2.45, 2.75) is 19.8 Å². The van der Waals surface area contributed by atoms with Crippen molar-refractivity contribution in [2.75, 3.05) is 13.1 Å². The molecule has 1 atom stereocenters. The van der Waals surface area contributed by atoms with Crippen LogP contribution < -0.4 is 0 Å². The smallest absolute Gasteiger partial charge is 0.311 e. The van der Waals surface area contributed by atoms with Gasteiger partial charge in [-0.1, -0.05) is 11.6 Å². The Bertz CT molecular complexity index is 563. The maximum absolute atomic E-state index is 12.5.